The summed E-state index contributed by atoms with van der Waals surface area (Å²) < 4.78 is 0. The number of rotatable bonds is 2. The van der Waals surface area contributed by atoms with Gasteiger partial charge in [0.15, 0.2) is 5.75 Å². The number of halogens is 1. The third-order valence-corrected chi connectivity index (χ3v) is 4.44. The van der Waals surface area contributed by atoms with Gasteiger partial charge >= 0.3 is 5.97 Å². The topological polar surface area (TPSA) is 70.4 Å². The average Bonchev–Trinajstić information content (AvgIpc) is 2.61. The Kier molecular flexibility index (Phi) is 3.55. The summed E-state index contributed by atoms with van der Waals surface area (Å²) in [6.45, 7) is 0. The number of nitrogens with zero attached hydrogens (tertiary/aromatic N) is 1. The lowest BCUT2D eigenvalue weighted by atomic mass is 9.99. The zero-order valence-electron chi connectivity index (χ0n) is 12.9. The van der Waals surface area contributed by atoms with E-state index in [1.165, 1.54) is 0 Å². The van der Waals surface area contributed by atoms with Gasteiger partial charge in [-0.05, 0) is 17.5 Å². The Morgan fingerprint density at radius 3 is 2.36 bits per heavy atom. The molecular formula is C20H12ClNO3. The van der Waals surface area contributed by atoms with Crippen LogP contribution >= 0.6 is 11.6 Å². The number of hydrogen-bond donors (Lipinski definition) is 2. The van der Waals surface area contributed by atoms with E-state index in [0.29, 0.717) is 21.5 Å². The highest BCUT2D eigenvalue weighted by Gasteiger charge is 2.21. The summed E-state index contributed by atoms with van der Waals surface area (Å²) in [4.78, 5) is 16.4. The van der Waals surface area contributed by atoms with Crippen LogP contribution in [0, 0.1) is 0 Å². The minimum Gasteiger partial charge on any atom is -0.505 e. The third kappa shape index (κ3) is 2.47. The number of hydrogen-bond acceptors (Lipinski definition) is 3. The van der Waals surface area contributed by atoms with E-state index in [9.17, 15) is 15.0 Å². The molecule has 122 valence electrons. The molecule has 0 aliphatic heterocycles. The number of benzene rings is 3. The van der Waals surface area contributed by atoms with Gasteiger partial charge in [-0.15, -0.1) is 0 Å². The van der Waals surface area contributed by atoms with Gasteiger partial charge < -0.3 is 10.2 Å². The van der Waals surface area contributed by atoms with Crippen molar-refractivity contribution in [3.63, 3.8) is 0 Å². The summed E-state index contributed by atoms with van der Waals surface area (Å²) in [7, 11) is 0. The number of carbonyl (C=O) groups is 1. The summed E-state index contributed by atoms with van der Waals surface area (Å²) in [6, 6.07) is 17.9. The molecule has 0 fully saturated rings. The third-order valence-electron chi connectivity index (χ3n) is 4.19. The maximum atomic E-state index is 11.8. The summed E-state index contributed by atoms with van der Waals surface area (Å²) in [5.74, 6) is -1.55. The fourth-order valence-electron chi connectivity index (χ4n) is 3.01. The molecule has 0 unspecified atom stereocenters. The molecular weight excluding hydrogens is 338 g/mol. The normalized spacial score (nSPS) is 11.1. The summed E-state index contributed by atoms with van der Waals surface area (Å²) >= 11 is 5.92. The van der Waals surface area contributed by atoms with E-state index in [0.717, 1.165) is 10.8 Å². The van der Waals surface area contributed by atoms with E-state index in [2.05, 4.69) is 4.98 Å². The molecule has 0 aliphatic rings. The molecule has 4 nitrogen and oxygen atoms in total. The lowest BCUT2D eigenvalue weighted by molar-refractivity contribution is 0.0696. The van der Waals surface area contributed by atoms with Gasteiger partial charge in [-0.1, -0.05) is 60.1 Å². The van der Waals surface area contributed by atoms with Crippen molar-refractivity contribution < 1.29 is 15.0 Å². The minimum atomic E-state index is -1.20. The molecule has 4 rings (SSSR count). The first-order chi connectivity index (χ1) is 12.1. The summed E-state index contributed by atoms with van der Waals surface area (Å²) in [5, 5.41) is 23.0. The van der Waals surface area contributed by atoms with E-state index in [-0.39, 0.29) is 17.0 Å². The molecule has 0 saturated heterocycles. The zero-order valence-corrected chi connectivity index (χ0v) is 13.7. The van der Waals surface area contributed by atoms with Crippen molar-refractivity contribution in [2.45, 2.75) is 0 Å². The fraction of sp³-hybridized carbons (Fsp3) is 0. The Morgan fingerprint density at radius 1 is 0.920 bits per heavy atom. The van der Waals surface area contributed by atoms with E-state index in [1.807, 2.05) is 30.3 Å². The van der Waals surface area contributed by atoms with Crippen LogP contribution in [-0.2, 0) is 0 Å². The molecule has 0 saturated carbocycles. The van der Waals surface area contributed by atoms with Crippen LogP contribution in [0.1, 0.15) is 10.4 Å². The fourth-order valence-corrected chi connectivity index (χ4v) is 3.14. The highest BCUT2D eigenvalue weighted by Crippen LogP contribution is 2.38. The first-order valence-corrected chi connectivity index (χ1v) is 7.97. The predicted octanol–water partition coefficient (Wildman–Crippen LogP) is 5.11. The number of aromatic carboxylic acids is 1. The van der Waals surface area contributed by atoms with Gasteiger partial charge in [0, 0.05) is 21.4 Å². The number of pyridine rings is 1. The highest BCUT2D eigenvalue weighted by molar-refractivity contribution is 6.30. The molecule has 0 amide bonds. The van der Waals surface area contributed by atoms with E-state index in [4.69, 9.17) is 11.6 Å². The number of fused-ring (bicyclic) bond motifs is 3. The van der Waals surface area contributed by atoms with Crippen molar-refractivity contribution >= 4 is 39.2 Å². The molecule has 25 heavy (non-hydrogen) atoms. The molecule has 3 aromatic carbocycles. The molecule has 0 radical (unpaired) electrons. The number of aromatic nitrogens is 1. The Bertz CT molecular complexity index is 1140. The van der Waals surface area contributed by atoms with Crippen LogP contribution in [0.5, 0.6) is 5.75 Å². The minimum absolute atomic E-state index is 0.152. The summed E-state index contributed by atoms with van der Waals surface area (Å²) in [6.07, 6.45) is 0. The largest absolute Gasteiger partial charge is 0.505 e. The van der Waals surface area contributed by atoms with Crippen LogP contribution in [-0.4, -0.2) is 21.2 Å². The predicted molar refractivity (Wildman–Crippen MR) is 98.3 cm³/mol. The second-order valence-corrected chi connectivity index (χ2v) is 6.12. The Balaban J connectivity index is 2.16. The van der Waals surface area contributed by atoms with Crippen molar-refractivity contribution in [1.82, 2.24) is 4.98 Å². The van der Waals surface area contributed by atoms with Crippen LogP contribution in [0.15, 0.2) is 60.7 Å². The van der Waals surface area contributed by atoms with Gasteiger partial charge in [0.2, 0.25) is 0 Å². The molecule has 1 aromatic heterocycles. The Hall–Kier alpha value is -3.11. The maximum Gasteiger partial charge on any atom is 0.340 e. The van der Waals surface area contributed by atoms with Crippen molar-refractivity contribution in [2.24, 2.45) is 0 Å². The van der Waals surface area contributed by atoms with Crippen molar-refractivity contribution in [2.75, 3.05) is 0 Å². The van der Waals surface area contributed by atoms with Crippen molar-refractivity contribution in [3.8, 4) is 17.0 Å². The average molecular weight is 350 g/mol. The van der Waals surface area contributed by atoms with Crippen LogP contribution in [0.3, 0.4) is 0 Å². The standard InChI is InChI=1S/C20H12ClNO3/c21-13-8-5-12(6-9-13)17-19(23)16(20(24)25)15-10-7-11-3-1-2-4-14(11)18(15)22-17/h1-10,23H,(H,24,25). The monoisotopic (exact) mass is 349 g/mol. The molecule has 2 N–H and O–H groups in total. The molecule has 4 aromatic rings. The first kappa shape index (κ1) is 15.4. The van der Waals surface area contributed by atoms with Crippen molar-refractivity contribution in [1.29, 1.82) is 0 Å². The van der Waals surface area contributed by atoms with Crippen LogP contribution < -0.4 is 0 Å². The Labute approximate surface area is 147 Å². The number of aromatic hydroxyl groups is 1. The lowest BCUT2D eigenvalue weighted by Crippen LogP contribution is -2.02. The van der Waals surface area contributed by atoms with Gasteiger partial charge in [0.25, 0.3) is 0 Å². The van der Waals surface area contributed by atoms with Crippen molar-refractivity contribution in [3.05, 3.63) is 71.2 Å². The van der Waals surface area contributed by atoms with Gasteiger partial charge in [-0.25, -0.2) is 9.78 Å². The van der Waals surface area contributed by atoms with Gasteiger partial charge in [-0.3, -0.25) is 0 Å². The van der Waals surface area contributed by atoms with Crippen LogP contribution in [0.2, 0.25) is 5.02 Å². The van der Waals surface area contributed by atoms with E-state index < -0.39 is 5.97 Å². The maximum absolute atomic E-state index is 11.8. The van der Waals surface area contributed by atoms with Gasteiger partial charge in [0.1, 0.15) is 11.3 Å². The second kappa shape index (κ2) is 5.76. The van der Waals surface area contributed by atoms with Gasteiger partial charge in [0.05, 0.1) is 5.52 Å². The quantitative estimate of drug-likeness (QED) is 0.493. The first-order valence-electron chi connectivity index (χ1n) is 7.60. The molecule has 0 spiro atoms. The van der Waals surface area contributed by atoms with E-state index >= 15 is 0 Å². The lowest BCUT2D eigenvalue weighted by Gasteiger charge is -2.12. The molecule has 5 heteroatoms. The highest BCUT2D eigenvalue weighted by atomic mass is 35.5. The van der Waals surface area contributed by atoms with E-state index in [1.54, 1.807) is 30.3 Å². The number of carboxylic acids is 1. The van der Waals surface area contributed by atoms with Gasteiger partial charge in [-0.2, -0.15) is 0 Å². The molecule has 0 atom stereocenters. The zero-order chi connectivity index (χ0) is 17.6. The number of carboxylic acid groups (broad SMARTS) is 1. The van der Waals surface area contributed by atoms with Crippen LogP contribution in [0.4, 0.5) is 0 Å². The van der Waals surface area contributed by atoms with Crippen LogP contribution in [0.25, 0.3) is 32.9 Å². The molecule has 0 bridgehead atoms. The SMILES string of the molecule is O=C(O)c1c(O)c(-c2ccc(Cl)cc2)nc2c1ccc1ccccc12. The molecule has 1 heterocycles. The smallest absolute Gasteiger partial charge is 0.340 e. The molecule has 0 aliphatic carbocycles. The Morgan fingerprint density at radius 2 is 1.64 bits per heavy atom. The summed E-state index contributed by atoms with van der Waals surface area (Å²) in [5.41, 5.74) is 1.20. The second-order valence-electron chi connectivity index (χ2n) is 5.68.